The quantitative estimate of drug-likeness (QED) is 0.880. The number of hydrogen-bond acceptors (Lipinski definition) is 3. The summed E-state index contributed by atoms with van der Waals surface area (Å²) in [6.07, 6.45) is 0. The fraction of sp³-hybridized carbons (Fsp3) is 0.385. The van der Waals surface area contributed by atoms with E-state index in [0.29, 0.717) is 12.2 Å². The number of thioether (sulfide) groups is 1. The molecule has 1 saturated heterocycles. The maximum atomic E-state index is 12.2. The van der Waals surface area contributed by atoms with E-state index >= 15 is 0 Å². The van der Waals surface area contributed by atoms with Crippen LogP contribution in [0.2, 0.25) is 5.02 Å². The van der Waals surface area contributed by atoms with Crippen LogP contribution in [0.5, 0.6) is 0 Å². The van der Waals surface area contributed by atoms with Crippen LogP contribution in [-0.2, 0) is 0 Å². The van der Waals surface area contributed by atoms with Crippen molar-refractivity contribution in [2.45, 2.75) is 13.0 Å². The molecule has 0 aliphatic carbocycles. The van der Waals surface area contributed by atoms with Crippen molar-refractivity contribution in [1.29, 1.82) is 0 Å². The van der Waals surface area contributed by atoms with Gasteiger partial charge in [0.25, 0.3) is 0 Å². The number of nitrogens with zero attached hydrogens (tertiary/aromatic N) is 1. The maximum Gasteiger partial charge on any atom is 0.335 e. The lowest BCUT2D eigenvalue weighted by Gasteiger charge is -2.33. The van der Waals surface area contributed by atoms with Gasteiger partial charge in [0.05, 0.1) is 16.3 Å². The third-order valence-corrected chi connectivity index (χ3v) is 4.59. The zero-order chi connectivity index (χ0) is 14.7. The Kier molecular flexibility index (Phi) is 4.77. The number of aromatic carboxylic acids is 1. The van der Waals surface area contributed by atoms with E-state index < -0.39 is 5.97 Å². The molecule has 108 valence electrons. The van der Waals surface area contributed by atoms with Gasteiger partial charge in [-0.3, -0.25) is 0 Å². The number of benzene rings is 1. The SMILES string of the molecule is CC1CSCCN1C(=O)Nc1ccc(C(=O)O)cc1Cl. The average molecular weight is 315 g/mol. The topological polar surface area (TPSA) is 69.6 Å². The summed E-state index contributed by atoms with van der Waals surface area (Å²) in [5, 5.41) is 11.8. The van der Waals surface area contributed by atoms with Gasteiger partial charge in [-0.15, -0.1) is 0 Å². The number of carboxylic acids is 1. The Morgan fingerprint density at radius 2 is 2.25 bits per heavy atom. The molecule has 0 bridgehead atoms. The van der Waals surface area contributed by atoms with Gasteiger partial charge in [0, 0.05) is 24.1 Å². The first-order valence-corrected chi connectivity index (χ1v) is 7.70. The van der Waals surface area contributed by atoms with Crippen LogP contribution in [0, 0.1) is 0 Å². The van der Waals surface area contributed by atoms with Gasteiger partial charge in [0.2, 0.25) is 0 Å². The molecule has 2 amide bonds. The molecule has 1 aromatic carbocycles. The summed E-state index contributed by atoms with van der Waals surface area (Å²) in [5.74, 6) is 0.786. The van der Waals surface area contributed by atoms with Gasteiger partial charge >= 0.3 is 12.0 Å². The van der Waals surface area contributed by atoms with Gasteiger partial charge in [0.15, 0.2) is 0 Å². The molecule has 2 N–H and O–H groups in total. The van der Waals surface area contributed by atoms with Crippen molar-refractivity contribution in [3.8, 4) is 0 Å². The zero-order valence-corrected chi connectivity index (χ0v) is 12.5. The third-order valence-electron chi connectivity index (χ3n) is 3.09. The van der Waals surface area contributed by atoms with Crippen LogP contribution in [0.1, 0.15) is 17.3 Å². The number of amides is 2. The Balaban J connectivity index is 2.09. The van der Waals surface area contributed by atoms with Crippen LogP contribution in [0.3, 0.4) is 0 Å². The van der Waals surface area contributed by atoms with Gasteiger partial charge in [0.1, 0.15) is 0 Å². The number of carboxylic acid groups (broad SMARTS) is 1. The fourth-order valence-electron chi connectivity index (χ4n) is 1.97. The molecule has 1 aliphatic rings. The highest BCUT2D eigenvalue weighted by Gasteiger charge is 2.24. The summed E-state index contributed by atoms with van der Waals surface area (Å²) in [4.78, 5) is 24.8. The molecule has 20 heavy (non-hydrogen) atoms. The van der Waals surface area contributed by atoms with E-state index in [4.69, 9.17) is 16.7 Å². The van der Waals surface area contributed by atoms with Gasteiger partial charge in [-0.1, -0.05) is 11.6 Å². The molecular weight excluding hydrogens is 300 g/mol. The molecule has 7 heteroatoms. The van der Waals surface area contributed by atoms with E-state index in [0.717, 1.165) is 11.5 Å². The van der Waals surface area contributed by atoms with Gasteiger partial charge in [-0.2, -0.15) is 11.8 Å². The number of anilines is 1. The van der Waals surface area contributed by atoms with Crippen molar-refractivity contribution < 1.29 is 14.7 Å². The van der Waals surface area contributed by atoms with Crippen molar-refractivity contribution in [3.05, 3.63) is 28.8 Å². The Bertz CT molecular complexity index is 538. The smallest absolute Gasteiger partial charge is 0.335 e. The molecule has 5 nitrogen and oxygen atoms in total. The highest BCUT2D eigenvalue weighted by Crippen LogP contribution is 2.24. The van der Waals surface area contributed by atoms with Crippen molar-refractivity contribution in [1.82, 2.24) is 4.90 Å². The summed E-state index contributed by atoms with van der Waals surface area (Å²) >= 11 is 7.82. The number of hydrogen-bond donors (Lipinski definition) is 2. The number of nitrogens with one attached hydrogen (secondary N) is 1. The highest BCUT2D eigenvalue weighted by molar-refractivity contribution is 7.99. The first kappa shape index (κ1) is 15.0. The number of halogens is 1. The molecule has 0 aromatic heterocycles. The molecule has 1 aromatic rings. The molecule has 1 unspecified atom stereocenters. The second-order valence-corrected chi connectivity index (χ2v) is 6.10. The van der Waals surface area contributed by atoms with Crippen molar-refractivity contribution >= 4 is 41.1 Å². The Morgan fingerprint density at radius 3 is 2.85 bits per heavy atom. The fourth-order valence-corrected chi connectivity index (χ4v) is 3.21. The van der Waals surface area contributed by atoms with Gasteiger partial charge in [-0.25, -0.2) is 9.59 Å². The summed E-state index contributed by atoms with van der Waals surface area (Å²) in [6.45, 7) is 2.70. The normalized spacial score (nSPS) is 18.7. The molecule has 0 radical (unpaired) electrons. The summed E-state index contributed by atoms with van der Waals surface area (Å²) in [6, 6.07) is 4.22. The van der Waals surface area contributed by atoms with Crippen molar-refractivity contribution in [2.24, 2.45) is 0 Å². The van der Waals surface area contributed by atoms with E-state index in [1.807, 2.05) is 18.7 Å². The molecule has 1 heterocycles. The molecule has 1 atom stereocenters. The predicted octanol–water partition coefficient (Wildman–Crippen LogP) is 3.01. The van der Waals surface area contributed by atoms with Crippen LogP contribution in [-0.4, -0.2) is 46.1 Å². The standard InChI is InChI=1S/C13H15ClN2O3S/c1-8-7-20-5-4-16(8)13(19)15-11-3-2-9(12(17)18)6-10(11)14/h2-3,6,8H,4-5,7H2,1H3,(H,15,19)(H,17,18). The molecule has 1 aliphatic heterocycles. The van der Waals surface area contributed by atoms with Crippen molar-refractivity contribution in [2.75, 3.05) is 23.4 Å². The summed E-state index contributed by atoms with van der Waals surface area (Å²) in [7, 11) is 0. The molecular formula is C13H15ClN2O3S. The predicted molar refractivity (Wildman–Crippen MR) is 80.9 cm³/mol. The van der Waals surface area contributed by atoms with Crippen molar-refractivity contribution in [3.63, 3.8) is 0 Å². The van der Waals surface area contributed by atoms with E-state index in [2.05, 4.69) is 5.32 Å². The maximum absolute atomic E-state index is 12.2. The van der Waals surface area contributed by atoms with E-state index in [1.54, 1.807) is 4.90 Å². The molecule has 0 spiro atoms. The van der Waals surface area contributed by atoms with Crippen LogP contribution in [0.15, 0.2) is 18.2 Å². The average Bonchev–Trinajstić information content (AvgIpc) is 2.41. The summed E-state index contributed by atoms with van der Waals surface area (Å²) < 4.78 is 0. The number of carbonyl (C=O) groups is 2. The molecule has 0 saturated carbocycles. The zero-order valence-electron chi connectivity index (χ0n) is 10.9. The highest BCUT2D eigenvalue weighted by atomic mass is 35.5. The number of carbonyl (C=O) groups excluding carboxylic acids is 1. The minimum Gasteiger partial charge on any atom is -0.478 e. The largest absolute Gasteiger partial charge is 0.478 e. The first-order chi connectivity index (χ1) is 9.49. The van der Waals surface area contributed by atoms with E-state index in [1.165, 1.54) is 18.2 Å². The van der Waals surface area contributed by atoms with Crippen LogP contribution in [0.25, 0.3) is 0 Å². The van der Waals surface area contributed by atoms with E-state index in [9.17, 15) is 9.59 Å². The summed E-state index contributed by atoms with van der Waals surface area (Å²) in [5.41, 5.74) is 0.517. The van der Waals surface area contributed by atoms with Crippen LogP contribution in [0.4, 0.5) is 10.5 Å². The minimum absolute atomic E-state index is 0.0933. The Hall–Kier alpha value is -1.40. The lowest BCUT2D eigenvalue weighted by Crippen LogP contribution is -2.46. The van der Waals surface area contributed by atoms with E-state index in [-0.39, 0.29) is 22.7 Å². The first-order valence-electron chi connectivity index (χ1n) is 6.17. The molecule has 1 fully saturated rings. The second-order valence-electron chi connectivity index (χ2n) is 4.55. The third kappa shape index (κ3) is 3.37. The monoisotopic (exact) mass is 314 g/mol. The number of rotatable bonds is 2. The number of urea groups is 1. The minimum atomic E-state index is -1.05. The Labute approximate surface area is 126 Å². The lowest BCUT2D eigenvalue weighted by atomic mass is 10.2. The van der Waals surface area contributed by atoms with Gasteiger partial charge in [-0.05, 0) is 25.1 Å². The lowest BCUT2D eigenvalue weighted by molar-refractivity contribution is 0.0697. The van der Waals surface area contributed by atoms with Crippen LogP contribution < -0.4 is 5.32 Å². The Morgan fingerprint density at radius 1 is 1.50 bits per heavy atom. The van der Waals surface area contributed by atoms with Crippen LogP contribution >= 0.6 is 23.4 Å². The molecule has 2 rings (SSSR count). The second kappa shape index (κ2) is 6.37. The van der Waals surface area contributed by atoms with Gasteiger partial charge < -0.3 is 15.3 Å².